The predicted octanol–water partition coefficient (Wildman–Crippen LogP) is 2.29. The van der Waals surface area contributed by atoms with Crippen molar-refractivity contribution in [3.63, 3.8) is 0 Å². The topological polar surface area (TPSA) is 84.5 Å². The number of amides is 2. The number of hydrogen-bond donors (Lipinski definition) is 2. The molecule has 0 aromatic heterocycles. The van der Waals surface area contributed by atoms with E-state index in [2.05, 4.69) is 10.6 Å². The summed E-state index contributed by atoms with van der Waals surface area (Å²) < 4.78 is 18.3. The molecule has 0 saturated carbocycles. The number of anilines is 1. The number of nitrogens with one attached hydrogen (secondary N) is 2. The molecule has 25 heavy (non-hydrogen) atoms. The van der Waals surface area contributed by atoms with Crippen molar-refractivity contribution in [3.05, 3.63) is 65.0 Å². The van der Waals surface area contributed by atoms with Gasteiger partial charge in [0.25, 0.3) is 11.8 Å². The monoisotopic (exact) mass is 344 g/mol. The molecule has 0 heterocycles. The average Bonchev–Trinajstić information content (AvgIpc) is 2.61. The van der Waals surface area contributed by atoms with E-state index in [1.54, 1.807) is 25.1 Å². The first-order chi connectivity index (χ1) is 11.9. The van der Waals surface area contributed by atoms with Crippen LogP contribution in [-0.2, 0) is 9.53 Å². The lowest BCUT2D eigenvalue weighted by molar-refractivity contribution is -0.119. The van der Waals surface area contributed by atoms with Crippen molar-refractivity contribution in [2.75, 3.05) is 19.0 Å². The fraction of sp³-hybridized carbons (Fsp3) is 0.167. The summed E-state index contributed by atoms with van der Waals surface area (Å²) in [6, 6.07) is 10.2. The highest BCUT2D eigenvalue weighted by molar-refractivity contribution is 5.98. The summed E-state index contributed by atoms with van der Waals surface area (Å²) in [4.78, 5) is 35.2. The van der Waals surface area contributed by atoms with Gasteiger partial charge in [0.05, 0.1) is 5.56 Å². The van der Waals surface area contributed by atoms with Crippen LogP contribution in [0.5, 0.6) is 0 Å². The van der Waals surface area contributed by atoms with Crippen molar-refractivity contribution in [2.24, 2.45) is 0 Å². The SMILES string of the molecule is CNC(=O)c1cccc(NC(=O)COC(=O)c2ccc(C)c(F)c2)c1. The molecular weight excluding hydrogens is 327 g/mol. The molecule has 0 bridgehead atoms. The lowest BCUT2D eigenvalue weighted by Crippen LogP contribution is -2.22. The second-order valence-electron chi connectivity index (χ2n) is 5.25. The van der Waals surface area contributed by atoms with E-state index in [4.69, 9.17) is 4.74 Å². The lowest BCUT2D eigenvalue weighted by Gasteiger charge is -2.08. The van der Waals surface area contributed by atoms with E-state index in [1.165, 1.54) is 25.2 Å². The van der Waals surface area contributed by atoms with Gasteiger partial charge in [0.2, 0.25) is 0 Å². The van der Waals surface area contributed by atoms with Gasteiger partial charge in [-0.25, -0.2) is 9.18 Å². The van der Waals surface area contributed by atoms with Crippen LogP contribution in [0.1, 0.15) is 26.3 Å². The summed E-state index contributed by atoms with van der Waals surface area (Å²) in [6.45, 7) is 1.04. The Morgan fingerprint density at radius 2 is 1.84 bits per heavy atom. The van der Waals surface area contributed by atoms with Gasteiger partial charge in [-0.15, -0.1) is 0 Å². The van der Waals surface area contributed by atoms with E-state index in [0.717, 1.165) is 6.07 Å². The Bertz CT molecular complexity index is 820. The van der Waals surface area contributed by atoms with Crippen LogP contribution in [-0.4, -0.2) is 31.4 Å². The zero-order chi connectivity index (χ0) is 18.4. The molecule has 0 saturated heterocycles. The van der Waals surface area contributed by atoms with E-state index in [-0.39, 0.29) is 11.5 Å². The number of esters is 1. The van der Waals surface area contributed by atoms with Gasteiger partial charge in [-0.1, -0.05) is 12.1 Å². The van der Waals surface area contributed by atoms with E-state index >= 15 is 0 Å². The molecule has 2 aromatic rings. The third-order valence-corrected chi connectivity index (χ3v) is 3.38. The van der Waals surface area contributed by atoms with Crippen LogP contribution >= 0.6 is 0 Å². The number of carbonyl (C=O) groups is 3. The van der Waals surface area contributed by atoms with Crippen LogP contribution in [0.2, 0.25) is 0 Å². The predicted molar refractivity (Wildman–Crippen MR) is 89.9 cm³/mol. The highest BCUT2D eigenvalue weighted by atomic mass is 19.1. The smallest absolute Gasteiger partial charge is 0.338 e. The van der Waals surface area contributed by atoms with Crippen molar-refractivity contribution >= 4 is 23.5 Å². The second kappa shape index (κ2) is 8.05. The van der Waals surface area contributed by atoms with Crippen LogP contribution in [0.25, 0.3) is 0 Å². The van der Waals surface area contributed by atoms with Crippen LogP contribution in [0.15, 0.2) is 42.5 Å². The summed E-state index contributed by atoms with van der Waals surface area (Å²) in [5.74, 6) is -2.18. The summed E-state index contributed by atoms with van der Waals surface area (Å²) in [7, 11) is 1.50. The number of benzene rings is 2. The molecule has 2 amide bonds. The highest BCUT2D eigenvalue weighted by Crippen LogP contribution is 2.12. The molecule has 0 radical (unpaired) electrons. The molecule has 2 N–H and O–H groups in total. The Kier molecular flexibility index (Phi) is 5.84. The lowest BCUT2D eigenvalue weighted by atomic mass is 10.1. The molecule has 2 aromatic carbocycles. The minimum absolute atomic E-state index is 0.0255. The first-order valence-electron chi connectivity index (χ1n) is 7.46. The van der Waals surface area contributed by atoms with Crippen molar-refractivity contribution in [1.82, 2.24) is 5.32 Å². The van der Waals surface area contributed by atoms with Crippen molar-refractivity contribution < 1.29 is 23.5 Å². The maximum absolute atomic E-state index is 13.4. The number of aryl methyl sites for hydroxylation is 1. The van der Waals surface area contributed by atoms with E-state index in [0.29, 0.717) is 16.8 Å². The maximum atomic E-state index is 13.4. The summed E-state index contributed by atoms with van der Waals surface area (Å²) in [5, 5.41) is 5.00. The summed E-state index contributed by atoms with van der Waals surface area (Å²) >= 11 is 0. The first-order valence-corrected chi connectivity index (χ1v) is 7.46. The summed E-state index contributed by atoms with van der Waals surface area (Å²) in [5.41, 5.74) is 1.21. The second-order valence-corrected chi connectivity index (χ2v) is 5.25. The molecule has 0 atom stereocenters. The minimum atomic E-state index is -0.798. The number of rotatable bonds is 5. The van der Waals surface area contributed by atoms with Gasteiger partial charge in [-0.2, -0.15) is 0 Å². The van der Waals surface area contributed by atoms with E-state index < -0.39 is 24.3 Å². The normalized spacial score (nSPS) is 10.0. The van der Waals surface area contributed by atoms with Crippen LogP contribution < -0.4 is 10.6 Å². The Hall–Kier alpha value is -3.22. The van der Waals surface area contributed by atoms with Gasteiger partial charge in [-0.05, 0) is 42.8 Å². The van der Waals surface area contributed by atoms with Gasteiger partial charge >= 0.3 is 5.97 Å². The highest BCUT2D eigenvalue weighted by Gasteiger charge is 2.12. The van der Waals surface area contributed by atoms with Crippen LogP contribution in [0.4, 0.5) is 10.1 Å². The maximum Gasteiger partial charge on any atom is 0.338 e. The third kappa shape index (κ3) is 4.87. The molecule has 0 aliphatic rings. The molecule has 7 heteroatoms. The number of ether oxygens (including phenoxy) is 1. The van der Waals surface area contributed by atoms with Gasteiger partial charge in [-0.3, -0.25) is 9.59 Å². The van der Waals surface area contributed by atoms with Crippen molar-refractivity contribution in [1.29, 1.82) is 0 Å². The zero-order valence-electron chi connectivity index (χ0n) is 13.8. The van der Waals surface area contributed by atoms with Crippen molar-refractivity contribution in [2.45, 2.75) is 6.92 Å². The largest absolute Gasteiger partial charge is 0.452 e. The first kappa shape index (κ1) is 18.1. The van der Waals surface area contributed by atoms with Crippen molar-refractivity contribution in [3.8, 4) is 0 Å². The van der Waals surface area contributed by atoms with Gasteiger partial charge in [0.1, 0.15) is 5.82 Å². The standard InChI is InChI=1S/C18H17FN2O4/c1-11-6-7-13(9-15(11)19)18(24)25-10-16(22)21-14-5-3-4-12(8-14)17(23)20-2/h3-9H,10H2,1-2H3,(H,20,23)(H,21,22). The fourth-order valence-electron chi connectivity index (χ4n) is 2.01. The molecule has 2 rings (SSSR count). The minimum Gasteiger partial charge on any atom is -0.452 e. The third-order valence-electron chi connectivity index (χ3n) is 3.38. The van der Waals surface area contributed by atoms with Crippen LogP contribution in [0, 0.1) is 12.7 Å². The van der Waals surface area contributed by atoms with Gasteiger partial charge in [0.15, 0.2) is 6.61 Å². The quantitative estimate of drug-likeness (QED) is 0.815. The van der Waals surface area contributed by atoms with E-state index in [1.807, 2.05) is 0 Å². The molecule has 0 fully saturated rings. The molecule has 0 aliphatic carbocycles. The molecule has 130 valence electrons. The van der Waals surface area contributed by atoms with Gasteiger partial charge in [0, 0.05) is 18.3 Å². The fourth-order valence-corrected chi connectivity index (χ4v) is 2.01. The molecule has 0 aliphatic heterocycles. The molecule has 6 nitrogen and oxygen atoms in total. The number of carbonyl (C=O) groups excluding carboxylic acids is 3. The Morgan fingerprint density at radius 3 is 2.52 bits per heavy atom. The molecular formula is C18H17FN2O4. The Labute approximate surface area is 144 Å². The van der Waals surface area contributed by atoms with Gasteiger partial charge < -0.3 is 15.4 Å². The van der Waals surface area contributed by atoms with E-state index in [9.17, 15) is 18.8 Å². The Balaban J connectivity index is 1.93. The number of hydrogen-bond acceptors (Lipinski definition) is 4. The zero-order valence-corrected chi connectivity index (χ0v) is 13.8. The summed E-state index contributed by atoms with van der Waals surface area (Å²) in [6.07, 6.45) is 0. The molecule has 0 spiro atoms. The Morgan fingerprint density at radius 1 is 1.08 bits per heavy atom. The van der Waals surface area contributed by atoms with Crippen LogP contribution in [0.3, 0.4) is 0 Å². The average molecular weight is 344 g/mol. The number of halogens is 1. The molecule has 0 unspecified atom stereocenters.